The van der Waals surface area contributed by atoms with Gasteiger partial charge in [-0.3, -0.25) is 0 Å². The van der Waals surface area contributed by atoms with Crippen LogP contribution in [-0.4, -0.2) is 25.3 Å². The van der Waals surface area contributed by atoms with Crippen LogP contribution in [-0.2, 0) is 10.0 Å². The van der Waals surface area contributed by atoms with Gasteiger partial charge in [0.25, 0.3) is 0 Å². The number of hydrogen-bond acceptors (Lipinski definition) is 2. The van der Waals surface area contributed by atoms with Crippen LogP contribution in [0.25, 0.3) is 0 Å². The number of nitrogens with zero attached hydrogens (tertiary/aromatic N) is 1. The largest absolute Gasteiger partial charge is 0.244 e. The molecule has 0 aromatic heterocycles. The Kier molecular flexibility index (Phi) is 3.56. The van der Waals surface area contributed by atoms with E-state index < -0.39 is 15.8 Å². The van der Waals surface area contributed by atoms with E-state index in [4.69, 9.17) is 0 Å². The third-order valence-corrected chi connectivity index (χ3v) is 5.75. The lowest BCUT2D eigenvalue weighted by atomic mass is 10.3. The molecule has 0 amide bonds. The predicted octanol–water partition coefficient (Wildman–Crippen LogP) is 2.76. The van der Waals surface area contributed by atoms with Crippen molar-refractivity contribution in [3.63, 3.8) is 0 Å². The molecule has 1 fully saturated rings. The van der Waals surface area contributed by atoms with Gasteiger partial charge < -0.3 is 0 Å². The third kappa shape index (κ3) is 2.53. The molecule has 1 aromatic rings. The summed E-state index contributed by atoms with van der Waals surface area (Å²) in [4.78, 5) is 0.132. The molecule has 1 aliphatic rings. The summed E-state index contributed by atoms with van der Waals surface area (Å²) in [6, 6.07) is 3.76. The zero-order valence-electron chi connectivity index (χ0n) is 9.36. The molecule has 3 nitrogen and oxygen atoms in total. The van der Waals surface area contributed by atoms with Crippen molar-refractivity contribution < 1.29 is 12.8 Å². The molecule has 0 aliphatic heterocycles. The monoisotopic (exact) mass is 321 g/mol. The molecule has 0 bridgehead atoms. The van der Waals surface area contributed by atoms with Gasteiger partial charge in [0.1, 0.15) is 5.82 Å². The second kappa shape index (κ2) is 4.66. The first-order valence-electron chi connectivity index (χ1n) is 5.43. The average Bonchev–Trinajstić information content (AvgIpc) is 3.01. The molecular formula is C11H13BrFNO2S. The molecule has 17 heavy (non-hydrogen) atoms. The normalized spacial score (nSPS) is 16.5. The Hall–Kier alpha value is -0.460. The fourth-order valence-corrected chi connectivity index (χ4v) is 4.50. The van der Waals surface area contributed by atoms with Gasteiger partial charge in [-0.25, -0.2) is 12.8 Å². The summed E-state index contributed by atoms with van der Waals surface area (Å²) in [5.74, 6) is -0.453. The lowest BCUT2D eigenvalue weighted by Gasteiger charge is -2.20. The number of hydrogen-bond donors (Lipinski definition) is 0. The van der Waals surface area contributed by atoms with Gasteiger partial charge in [0, 0.05) is 17.1 Å². The van der Waals surface area contributed by atoms with E-state index in [2.05, 4.69) is 15.9 Å². The molecule has 0 heterocycles. The van der Waals surface area contributed by atoms with E-state index in [1.165, 1.54) is 22.5 Å². The number of benzene rings is 1. The van der Waals surface area contributed by atoms with Gasteiger partial charge in [-0.1, -0.05) is 6.92 Å². The van der Waals surface area contributed by atoms with E-state index >= 15 is 0 Å². The minimum Gasteiger partial charge on any atom is -0.207 e. The van der Waals surface area contributed by atoms with Crippen molar-refractivity contribution in [1.29, 1.82) is 0 Å². The highest BCUT2D eigenvalue weighted by Crippen LogP contribution is 2.34. The maximum absolute atomic E-state index is 13.0. The Morgan fingerprint density at radius 1 is 1.47 bits per heavy atom. The molecule has 2 rings (SSSR count). The summed E-state index contributed by atoms with van der Waals surface area (Å²) in [6.45, 7) is 2.25. The zero-order valence-corrected chi connectivity index (χ0v) is 11.8. The van der Waals surface area contributed by atoms with Crippen LogP contribution >= 0.6 is 15.9 Å². The molecular weight excluding hydrogens is 309 g/mol. The Morgan fingerprint density at radius 2 is 2.12 bits per heavy atom. The first-order chi connectivity index (χ1) is 7.96. The van der Waals surface area contributed by atoms with Crippen LogP contribution in [0.2, 0.25) is 0 Å². The maximum atomic E-state index is 13.0. The van der Waals surface area contributed by atoms with E-state index in [-0.39, 0.29) is 15.4 Å². The van der Waals surface area contributed by atoms with Crippen LogP contribution in [0.1, 0.15) is 19.8 Å². The quantitative estimate of drug-likeness (QED) is 0.855. The fourth-order valence-electron chi connectivity index (χ4n) is 1.80. The van der Waals surface area contributed by atoms with Gasteiger partial charge in [-0.2, -0.15) is 4.31 Å². The van der Waals surface area contributed by atoms with Gasteiger partial charge in [-0.15, -0.1) is 0 Å². The Labute approximate surface area is 109 Å². The molecule has 0 atom stereocenters. The topological polar surface area (TPSA) is 37.4 Å². The van der Waals surface area contributed by atoms with Crippen LogP contribution in [0.5, 0.6) is 0 Å². The van der Waals surface area contributed by atoms with Gasteiger partial charge >= 0.3 is 0 Å². The molecule has 0 unspecified atom stereocenters. The van der Waals surface area contributed by atoms with Gasteiger partial charge in [0.05, 0.1) is 4.90 Å². The van der Waals surface area contributed by atoms with Crippen LogP contribution in [0.15, 0.2) is 27.6 Å². The number of sulfonamides is 1. The fraction of sp³-hybridized carbons (Fsp3) is 0.455. The molecule has 1 aliphatic carbocycles. The van der Waals surface area contributed by atoms with Crippen molar-refractivity contribution in [3.8, 4) is 0 Å². The zero-order chi connectivity index (χ0) is 12.6. The van der Waals surface area contributed by atoms with Crippen LogP contribution in [0.3, 0.4) is 0 Å². The first-order valence-corrected chi connectivity index (χ1v) is 7.67. The molecule has 0 radical (unpaired) electrons. The minimum atomic E-state index is -3.52. The SMILES string of the molecule is CCN(C1CC1)S(=O)(=O)c1ccc(F)cc1Br. The maximum Gasteiger partial charge on any atom is 0.244 e. The highest BCUT2D eigenvalue weighted by molar-refractivity contribution is 9.10. The lowest BCUT2D eigenvalue weighted by molar-refractivity contribution is 0.420. The van der Waals surface area contributed by atoms with Crippen molar-refractivity contribution >= 4 is 26.0 Å². The van der Waals surface area contributed by atoms with Crippen LogP contribution in [0.4, 0.5) is 4.39 Å². The predicted molar refractivity (Wildman–Crippen MR) is 66.7 cm³/mol. The van der Waals surface area contributed by atoms with Gasteiger partial charge in [0.2, 0.25) is 10.0 Å². The highest BCUT2D eigenvalue weighted by atomic mass is 79.9. The van der Waals surface area contributed by atoms with Crippen molar-refractivity contribution in [3.05, 3.63) is 28.5 Å². The summed E-state index contributed by atoms with van der Waals surface area (Å²) in [5.41, 5.74) is 0. The first kappa shape index (κ1) is 13.0. The van der Waals surface area contributed by atoms with Crippen LogP contribution in [0, 0.1) is 5.82 Å². The Bertz CT molecular complexity index is 528. The van der Waals surface area contributed by atoms with E-state index in [0.717, 1.165) is 12.8 Å². The van der Waals surface area contributed by atoms with E-state index in [1.54, 1.807) is 0 Å². The second-order valence-corrected chi connectivity index (χ2v) is 6.73. The number of halogens is 2. The van der Waals surface area contributed by atoms with E-state index in [9.17, 15) is 12.8 Å². The molecule has 0 N–H and O–H groups in total. The van der Waals surface area contributed by atoms with Crippen molar-refractivity contribution in [2.75, 3.05) is 6.54 Å². The summed E-state index contributed by atoms with van der Waals surface area (Å²) in [7, 11) is -3.52. The number of rotatable bonds is 4. The molecule has 0 saturated heterocycles. The summed E-state index contributed by atoms with van der Waals surface area (Å²) < 4.78 is 39.4. The van der Waals surface area contributed by atoms with Gasteiger partial charge in [-0.05, 0) is 47.0 Å². The van der Waals surface area contributed by atoms with Crippen LogP contribution < -0.4 is 0 Å². The van der Waals surface area contributed by atoms with E-state index in [0.29, 0.717) is 6.54 Å². The molecule has 6 heteroatoms. The molecule has 0 spiro atoms. The smallest absolute Gasteiger partial charge is 0.207 e. The molecule has 1 aromatic carbocycles. The lowest BCUT2D eigenvalue weighted by Crippen LogP contribution is -2.33. The van der Waals surface area contributed by atoms with Crippen molar-refractivity contribution in [2.45, 2.75) is 30.7 Å². The highest BCUT2D eigenvalue weighted by Gasteiger charge is 2.37. The summed E-state index contributed by atoms with van der Waals surface area (Å²) >= 11 is 3.10. The average molecular weight is 322 g/mol. The summed E-state index contributed by atoms with van der Waals surface area (Å²) in [6.07, 6.45) is 1.82. The Balaban J connectivity index is 2.43. The summed E-state index contributed by atoms with van der Waals surface area (Å²) in [5, 5.41) is 0. The molecule has 94 valence electrons. The van der Waals surface area contributed by atoms with Gasteiger partial charge in [0.15, 0.2) is 0 Å². The second-order valence-electron chi connectivity index (χ2n) is 4.01. The van der Waals surface area contributed by atoms with E-state index in [1.807, 2.05) is 6.92 Å². The van der Waals surface area contributed by atoms with Crippen molar-refractivity contribution in [2.24, 2.45) is 0 Å². The molecule has 1 saturated carbocycles. The third-order valence-electron chi connectivity index (χ3n) is 2.75. The Morgan fingerprint density at radius 3 is 2.59 bits per heavy atom. The standard InChI is InChI=1S/C11H13BrFNO2S/c1-2-14(9-4-5-9)17(15,16)11-6-3-8(13)7-10(11)12/h3,6-7,9H,2,4-5H2,1H3. The minimum absolute atomic E-state index is 0.113. The van der Waals surface area contributed by atoms with Crippen molar-refractivity contribution in [1.82, 2.24) is 4.31 Å².